The minimum atomic E-state index is -0.553. The number of carbonyl (C=O) groups is 1. The molecule has 0 bridgehead atoms. The number of amides is 1. The van der Waals surface area contributed by atoms with E-state index in [1.807, 2.05) is 6.07 Å². The lowest BCUT2D eigenvalue weighted by Crippen LogP contribution is -2.13. The van der Waals surface area contributed by atoms with Crippen molar-refractivity contribution in [3.63, 3.8) is 0 Å². The molecule has 0 aliphatic rings. The van der Waals surface area contributed by atoms with Gasteiger partial charge in [-0.05, 0) is 54.6 Å². The fourth-order valence-corrected chi connectivity index (χ4v) is 2.91. The monoisotopic (exact) mass is 416 g/mol. The molecular formula is C20H11Cl3N2O2. The van der Waals surface area contributed by atoms with Gasteiger partial charge < -0.3 is 9.73 Å². The quantitative estimate of drug-likeness (QED) is 0.392. The Morgan fingerprint density at radius 2 is 1.70 bits per heavy atom. The topological polar surface area (TPSA) is 66.0 Å². The molecule has 7 heteroatoms. The third kappa shape index (κ3) is 4.72. The van der Waals surface area contributed by atoms with Gasteiger partial charge in [0, 0.05) is 27.4 Å². The summed E-state index contributed by atoms with van der Waals surface area (Å²) in [6.07, 6.45) is 1.36. The SMILES string of the molecule is N#C/C(=C\c1ccc(-c2ccc(Cl)cc2Cl)o1)C(=O)Nc1ccc(Cl)cc1. The lowest BCUT2D eigenvalue weighted by atomic mass is 10.2. The molecule has 3 rings (SSSR count). The van der Waals surface area contributed by atoms with Crippen LogP contribution in [0, 0.1) is 11.3 Å². The summed E-state index contributed by atoms with van der Waals surface area (Å²) < 4.78 is 5.69. The molecular weight excluding hydrogens is 407 g/mol. The van der Waals surface area contributed by atoms with Crippen molar-refractivity contribution in [2.75, 3.05) is 5.32 Å². The van der Waals surface area contributed by atoms with Crippen molar-refractivity contribution in [2.45, 2.75) is 0 Å². The summed E-state index contributed by atoms with van der Waals surface area (Å²) in [6, 6.07) is 16.8. The molecule has 0 saturated heterocycles. The number of halogens is 3. The van der Waals surface area contributed by atoms with Crippen molar-refractivity contribution in [2.24, 2.45) is 0 Å². The van der Waals surface area contributed by atoms with E-state index in [1.54, 1.807) is 54.6 Å². The number of furan rings is 1. The largest absolute Gasteiger partial charge is 0.457 e. The Hall–Kier alpha value is -2.71. The molecule has 4 nitrogen and oxygen atoms in total. The second kappa shape index (κ2) is 8.32. The highest BCUT2D eigenvalue weighted by molar-refractivity contribution is 6.36. The van der Waals surface area contributed by atoms with Gasteiger partial charge in [0.15, 0.2) is 0 Å². The average molecular weight is 418 g/mol. The van der Waals surface area contributed by atoms with E-state index in [4.69, 9.17) is 39.2 Å². The molecule has 0 radical (unpaired) electrons. The second-order valence-corrected chi connectivity index (χ2v) is 6.74. The number of nitrogens with one attached hydrogen (secondary N) is 1. The van der Waals surface area contributed by atoms with Crippen LogP contribution in [0.5, 0.6) is 0 Å². The number of nitrogens with zero attached hydrogens (tertiary/aromatic N) is 1. The van der Waals surface area contributed by atoms with Crippen LogP contribution >= 0.6 is 34.8 Å². The minimum absolute atomic E-state index is 0.104. The molecule has 1 heterocycles. The molecule has 3 aromatic rings. The smallest absolute Gasteiger partial charge is 0.266 e. The molecule has 1 amide bonds. The average Bonchev–Trinajstić information content (AvgIpc) is 3.09. The molecule has 0 saturated carbocycles. The van der Waals surface area contributed by atoms with E-state index in [0.717, 1.165) is 0 Å². The summed E-state index contributed by atoms with van der Waals surface area (Å²) in [7, 11) is 0. The van der Waals surface area contributed by atoms with Gasteiger partial charge in [-0.25, -0.2) is 0 Å². The highest BCUT2D eigenvalue weighted by Gasteiger charge is 2.13. The maximum Gasteiger partial charge on any atom is 0.266 e. The van der Waals surface area contributed by atoms with Gasteiger partial charge in [0.25, 0.3) is 5.91 Å². The van der Waals surface area contributed by atoms with Crippen molar-refractivity contribution in [3.8, 4) is 17.4 Å². The first-order valence-corrected chi connectivity index (χ1v) is 8.83. The number of hydrogen-bond acceptors (Lipinski definition) is 3. The van der Waals surface area contributed by atoms with Crippen LogP contribution in [0.3, 0.4) is 0 Å². The molecule has 0 spiro atoms. The molecule has 0 aliphatic heterocycles. The van der Waals surface area contributed by atoms with Crippen molar-refractivity contribution >= 4 is 52.5 Å². The lowest BCUT2D eigenvalue weighted by Gasteiger charge is -2.04. The number of anilines is 1. The Morgan fingerprint density at radius 3 is 2.37 bits per heavy atom. The van der Waals surface area contributed by atoms with Crippen LogP contribution < -0.4 is 5.32 Å². The molecule has 1 N–H and O–H groups in total. The molecule has 2 aromatic carbocycles. The van der Waals surface area contributed by atoms with Crippen molar-refractivity contribution < 1.29 is 9.21 Å². The van der Waals surface area contributed by atoms with Crippen molar-refractivity contribution in [1.29, 1.82) is 5.26 Å². The molecule has 0 unspecified atom stereocenters. The zero-order valence-corrected chi connectivity index (χ0v) is 15.9. The fraction of sp³-hybridized carbons (Fsp3) is 0. The molecule has 0 atom stereocenters. The second-order valence-electron chi connectivity index (χ2n) is 5.46. The van der Waals surface area contributed by atoms with Gasteiger partial charge in [-0.3, -0.25) is 4.79 Å². The van der Waals surface area contributed by atoms with E-state index in [0.29, 0.717) is 37.8 Å². The maximum atomic E-state index is 12.3. The Kier molecular flexibility index (Phi) is 5.88. The summed E-state index contributed by atoms with van der Waals surface area (Å²) in [5, 5.41) is 13.4. The van der Waals surface area contributed by atoms with E-state index in [9.17, 15) is 10.1 Å². The number of benzene rings is 2. The Bertz CT molecular complexity index is 1060. The van der Waals surface area contributed by atoms with Gasteiger partial charge in [-0.1, -0.05) is 34.8 Å². The Balaban J connectivity index is 1.82. The van der Waals surface area contributed by atoms with Crippen LogP contribution in [0.2, 0.25) is 15.1 Å². The molecule has 0 fully saturated rings. The zero-order chi connectivity index (χ0) is 19.4. The zero-order valence-electron chi connectivity index (χ0n) is 13.7. The van der Waals surface area contributed by atoms with E-state index >= 15 is 0 Å². The summed E-state index contributed by atoms with van der Waals surface area (Å²) >= 11 is 17.9. The molecule has 134 valence electrons. The van der Waals surface area contributed by atoms with Crippen LogP contribution in [-0.4, -0.2) is 5.91 Å². The van der Waals surface area contributed by atoms with Gasteiger partial charge >= 0.3 is 0 Å². The fourth-order valence-electron chi connectivity index (χ4n) is 2.29. The first-order valence-electron chi connectivity index (χ1n) is 7.70. The molecule has 1 aromatic heterocycles. The summed E-state index contributed by atoms with van der Waals surface area (Å²) in [5.74, 6) is 0.291. The number of rotatable bonds is 4. The minimum Gasteiger partial charge on any atom is -0.457 e. The van der Waals surface area contributed by atoms with Crippen LogP contribution in [0.1, 0.15) is 5.76 Å². The predicted octanol–water partition coefficient (Wildman–Crippen LogP) is 6.45. The summed E-state index contributed by atoms with van der Waals surface area (Å²) in [4.78, 5) is 12.3. The Labute approximate surface area is 170 Å². The van der Waals surface area contributed by atoms with Crippen LogP contribution in [0.25, 0.3) is 17.4 Å². The number of hydrogen-bond donors (Lipinski definition) is 1. The first-order chi connectivity index (χ1) is 13.0. The number of nitriles is 1. The van der Waals surface area contributed by atoms with Crippen LogP contribution in [0.15, 0.2) is 64.6 Å². The van der Waals surface area contributed by atoms with Crippen molar-refractivity contribution in [3.05, 3.63) is 81.0 Å². The van der Waals surface area contributed by atoms with E-state index in [-0.39, 0.29) is 5.57 Å². The Morgan fingerprint density at radius 1 is 1.00 bits per heavy atom. The molecule has 0 aliphatic carbocycles. The van der Waals surface area contributed by atoms with Crippen molar-refractivity contribution in [1.82, 2.24) is 0 Å². The third-order valence-electron chi connectivity index (χ3n) is 3.58. The first kappa shape index (κ1) is 19.1. The maximum absolute atomic E-state index is 12.3. The summed E-state index contributed by atoms with van der Waals surface area (Å²) in [6.45, 7) is 0. The van der Waals surface area contributed by atoms with E-state index in [2.05, 4.69) is 5.32 Å². The molecule has 27 heavy (non-hydrogen) atoms. The lowest BCUT2D eigenvalue weighted by molar-refractivity contribution is -0.112. The standard InChI is InChI=1S/C20H11Cl3N2O2/c21-13-1-4-15(5-2-13)25-20(26)12(11-24)9-16-6-8-19(27-16)17-7-3-14(22)10-18(17)23/h1-10H,(H,25,26)/b12-9+. The normalized spacial score (nSPS) is 11.1. The van der Waals surface area contributed by atoms with Gasteiger partial charge in [0.05, 0.1) is 5.02 Å². The van der Waals surface area contributed by atoms with Crippen LogP contribution in [0.4, 0.5) is 5.69 Å². The predicted molar refractivity (Wildman–Crippen MR) is 108 cm³/mol. The third-order valence-corrected chi connectivity index (χ3v) is 4.38. The van der Waals surface area contributed by atoms with Gasteiger partial charge in [-0.2, -0.15) is 5.26 Å². The van der Waals surface area contributed by atoms with Gasteiger partial charge in [-0.15, -0.1) is 0 Å². The van der Waals surface area contributed by atoms with Crippen LogP contribution in [-0.2, 0) is 4.79 Å². The van der Waals surface area contributed by atoms with E-state index < -0.39 is 5.91 Å². The summed E-state index contributed by atoms with van der Waals surface area (Å²) in [5.41, 5.74) is 1.08. The van der Waals surface area contributed by atoms with Gasteiger partial charge in [0.1, 0.15) is 23.2 Å². The van der Waals surface area contributed by atoms with E-state index in [1.165, 1.54) is 6.08 Å². The highest BCUT2D eigenvalue weighted by atomic mass is 35.5. The van der Waals surface area contributed by atoms with Gasteiger partial charge in [0.2, 0.25) is 0 Å². The number of carbonyl (C=O) groups excluding carboxylic acids is 1. The highest BCUT2D eigenvalue weighted by Crippen LogP contribution is 2.32.